The van der Waals surface area contributed by atoms with Crippen molar-refractivity contribution >= 4 is 50.7 Å². The van der Waals surface area contributed by atoms with Gasteiger partial charge in [-0.3, -0.25) is 14.5 Å². The topological polar surface area (TPSA) is 96.5 Å². The maximum absolute atomic E-state index is 13.8. The summed E-state index contributed by atoms with van der Waals surface area (Å²) in [5, 5.41) is 0.171. The Morgan fingerprint density at radius 2 is 1.77 bits per heavy atom. The number of methoxy groups -OCH3 is 1. The summed E-state index contributed by atoms with van der Waals surface area (Å²) in [4.78, 5) is 29.2. The fourth-order valence-corrected chi connectivity index (χ4v) is 6.46. The second kappa shape index (κ2) is 10.8. The number of benzene rings is 2. The Morgan fingerprint density at radius 3 is 2.43 bits per heavy atom. The van der Waals surface area contributed by atoms with Crippen LogP contribution in [0.25, 0.3) is 0 Å². The molecule has 12 heteroatoms. The van der Waals surface area contributed by atoms with Crippen LogP contribution in [-0.4, -0.2) is 82.0 Å². The molecule has 4 rings (SSSR count). The van der Waals surface area contributed by atoms with Crippen molar-refractivity contribution in [2.75, 3.05) is 51.4 Å². The van der Waals surface area contributed by atoms with Gasteiger partial charge in [0.15, 0.2) is 0 Å². The summed E-state index contributed by atoms with van der Waals surface area (Å²) in [6, 6.07) is 9.33. The molecule has 2 aromatic carbocycles. The van der Waals surface area contributed by atoms with Crippen LogP contribution >= 0.6 is 23.2 Å². The van der Waals surface area contributed by atoms with Crippen molar-refractivity contribution in [3.05, 3.63) is 52.5 Å². The van der Waals surface area contributed by atoms with Gasteiger partial charge in [-0.2, -0.15) is 4.31 Å². The summed E-state index contributed by atoms with van der Waals surface area (Å²) in [5.41, 5.74) is 0.342. The predicted molar refractivity (Wildman–Crippen MR) is 132 cm³/mol. The molecule has 9 nitrogen and oxygen atoms in total. The van der Waals surface area contributed by atoms with Crippen LogP contribution in [0, 0.1) is 0 Å². The zero-order chi connectivity index (χ0) is 25.2. The molecule has 1 unspecified atom stereocenters. The molecule has 0 radical (unpaired) electrons. The van der Waals surface area contributed by atoms with E-state index in [0.29, 0.717) is 44.3 Å². The van der Waals surface area contributed by atoms with Crippen LogP contribution in [0.4, 0.5) is 5.69 Å². The van der Waals surface area contributed by atoms with Crippen molar-refractivity contribution < 1.29 is 27.5 Å². The zero-order valence-electron chi connectivity index (χ0n) is 19.0. The van der Waals surface area contributed by atoms with E-state index in [-0.39, 0.29) is 27.9 Å². The number of morpholine rings is 1. The number of sulfonamides is 1. The smallest absolute Gasteiger partial charge is 0.252 e. The van der Waals surface area contributed by atoms with Crippen molar-refractivity contribution in [1.82, 2.24) is 9.21 Å². The zero-order valence-corrected chi connectivity index (χ0v) is 21.4. The average Bonchev–Trinajstić information content (AvgIpc) is 3.14. The molecule has 2 fully saturated rings. The molecule has 0 aromatic heterocycles. The minimum atomic E-state index is -4.27. The van der Waals surface area contributed by atoms with Crippen LogP contribution in [0.5, 0.6) is 5.75 Å². The van der Waals surface area contributed by atoms with Gasteiger partial charge in [0.25, 0.3) is 5.91 Å². The Balaban J connectivity index is 1.67. The van der Waals surface area contributed by atoms with Gasteiger partial charge < -0.3 is 9.47 Å². The van der Waals surface area contributed by atoms with Crippen LogP contribution in [0.1, 0.15) is 6.42 Å². The lowest BCUT2D eigenvalue weighted by Gasteiger charge is -2.31. The number of halogens is 2. The molecular weight excluding hydrogens is 517 g/mol. The molecule has 2 saturated heterocycles. The number of hydrogen-bond donors (Lipinski definition) is 0. The molecule has 0 aliphatic carbocycles. The van der Waals surface area contributed by atoms with Gasteiger partial charge in [0, 0.05) is 31.2 Å². The fourth-order valence-electron chi connectivity index (χ4n) is 4.15. The highest BCUT2D eigenvalue weighted by Gasteiger charge is 2.47. The highest BCUT2D eigenvalue weighted by Crippen LogP contribution is 2.33. The highest BCUT2D eigenvalue weighted by molar-refractivity contribution is 7.89. The molecule has 2 aliphatic heterocycles. The normalized spacial score (nSPS) is 19.5. The van der Waals surface area contributed by atoms with E-state index >= 15 is 0 Å². The van der Waals surface area contributed by atoms with E-state index in [1.54, 1.807) is 24.3 Å². The summed E-state index contributed by atoms with van der Waals surface area (Å²) in [7, 11) is -2.76. The van der Waals surface area contributed by atoms with Crippen LogP contribution in [0.15, 0.2) is 47.4 Å². The number of imide groups is 1. The Kier molecular flexibility index (Phi) is 7.99. The Morgan fingerprint density at radius 1 is 1.09 bits per heavy atom. The van der Waals surface area contributed by atoms with E-state index in [9.17, 15) is 18.0 Å². The lowest BCUT2D eigenvalue weighted by Crippen LogP contribution is -2.49. The first kappa shape index (κ1) is 25.9. The van der Waals surface area contributed by atoms with E-state index in [2.05, 4.69) is 0 Å². The number of anilines is 1. The van der Waals surface area contributed by atoms with Crippen molar-refractivity contribution in [2.24, 2.45) is 0 Å². The number of amides is 2. The summed E-state index contributed by atoms with van der Waals surface area (Å²) >= 11 is 12.3. The van der Waals surface area contributed by atoms with Crippen molar-refractivity contribution in [3.63, 3.8) is 0 Å². The summed E-state index contributed by atoms with van der Waals surface area (Å²) in [5.74, 6) is -0.549. The third-order valence-electron chi connectivity index (χ3n) is 6.02. The van der Waals surface area contributed by atoms with Gasteiger partial charge >= 0.3 is 0 Å². The Bertz CT molecular complexity index is 1200. The summed E-state index contributed by atoms with van der Waals surface area (Å²) in [6.07, 6.45) is -0.286. The predicted octanol–water partition coefficient (Wildman–Crippen LogP) is 2.66. The molecule has 0 saturated carbocycles. The second-order valence-electron chi connectivity index (χ2n) is 8.13. The van der Waals surface area contributed by atoms with Crippen LogP contribution in [-0.2, 0) is 24.3 Å². The second-order valence-corrected chi connectivity index (χ2v) is 10.8. The number of ether oxygens (including phenoxy) is 2. The standard InChI is InChI=1S/C23H25Cl2N3O6S/c1-33-18-5-3-17(4-6-18)28-22(29)15-20(23(28)30)27(9-8-26-10-12-34-13-11-26)35(31,32)21-14-16(24)2-7-19(21)25/h2-7,14,20H,8-13,15H2,1H3. The van der Waals surface area contributed by atoms with E-state index in [1.807, 2.05) is 4.90 Å². The number of carbonyl (C=O) groups excluding carboxylic acids is 2. The number of hydrogen-bond acceptors (Lipinski definition) is 7. The van der Waals surface area contributed by atoms with Crippen LogP contribution in [0.3, 0.4) is 0 Å². The van der Waals surface area contributed by atoms with E-state index < -0.39 is 27.9 Å². The molecule has 2 aromatic rings. The minimum Gasteiger partial charge on any atom is -0.497 e. The van der Waals surface area contributed by atoms with Crippen molar-refractivity contribution in [2.45, 2.75) is 17.4 Å². The van der Waals surface area contributed by atoms with Crippen molar-refractivity contribution in [3.8, 4) is 5.75 Å². The number of nitrogens with zero attached hydrogens (tertiary/aromatic N) is 3. The molecule has 2 heterocycles. The minimum absolute atomic E-state index is 0.00862. The SMILES string of the molecule is COc1ccc(N2C(=O)CC(N(CCN3CCOCC3)S(=O)(=O)c3cc(Cl)ccc3Cl)C2=O)cc1. The van der Waals surface area contributed by atoms with Gasteiger partial charge in [0.1, 0.15) is 16.7 Å². The molecule has 188 valence electrons. The average molecular weight is 542 g/mol. The van der Waals surface area contributed by atoms with Gasteiger partial charge in [-0.25, -0.2) is 13.3 Å². The highest BCUT2D eigenvalue weighted by atomic mass is 35.5. The first-order chi connectivity index (χ1) is 16.7. The van der Waals surface area contributed by atoms with Gasteiger partial charge in [-0.1, -0.05) is 23.2 Å². The molecule has 0 N–H and O–H groups in total. The quantitative estimate of drug-likeness (QED) is 0.474. The Labute approximate surface area is 214 Å². The maximum Gasteiger partial charge on any atom is 0.252 e. The third-order valence-corrected chi connectivity index (χ3v) is 8.65. The summed E-state index contributed by atoms with van der Waals surface area (Å²) < 4.78 is 39.1. The summed E-state index contributed by atoms with van der Waals surface area (Å²) in [6.45, 7) is 2.72. The monoisotopic (exact) mass is 541 g/mol. The van der Waals surface area contributed by atoms with Gasteiger partial charge in [-0.05, 0) is 42.5 Å². The van der Waals surface area contributed by atoms with Crippen LogP contribution < -0.4 is 9.64 Å². The Hall–Kier alpha value is -2.21. The van der Waals surface area contributed by atoms with E-state index in [4.69, 9.17) is 32.7 Å². The molecule has 0 spiro atoms. The van der Waals surface area contributed by atoms with Gasteiger partial charge in [0.2, 0.25) is 15.9 Å². The molecule has 0 bridgehead atoms. The maximum atomic E-state index is 13.8. The fraction of sp³-hybridized carbons (Fsp3) is 0.391. The number of rotatable bonds is 8. The molecule has 2 aliphatic rings. The van der Waals surface area contributed by atoms with E-state index in [1.165, 1.54) is 25.3 Å². The van der Waals surface area contributed by atoms with E-state index in [0.717, 1.165) is 9.21 Å². The number of carbonyl (C=O) groups is 2. The molecule has 35 heavy (non-hydrogen) atoms. The first-order valence-corrected chi connectivity index (χ1v) is 13.2. The molecule has 2 amide bonds. The first-order valence-electron chi connectivity index (χ1n) is 11.0. The van der Waals surface area contributed by atoms with Gasteiger partial charge in [0.05, 0.1) is 37.5 Å². The van der Waals surface area contributed by atoms with Gasteiger partial charge in [-0.15, -0.1) is 0 Å². The molecular formula is C23H25Cl2N3O6S. The van der Waals surface area contributed by atoms with Crippen molar-refractivity contribution in [1.29, 1.82) is 0 Å². The lowest BCUT2D eigenvalue weighted by atomic mass is 10.2. The third kappa shape index (κ3) is 5.47. The van der Waals surface area contributed by atoms with Crippen LogP contribution in [0.2, 0.25) is 10.0 Å². The lowest BCUT2D eigenvalue weighted by molar-refractivity contribution is -0.122. The molecule has 1 atom stereocenters. The largest absolute Gasteiger partial charge is 0.497 e.